The van der Waals surface area contributed by atoms with Crippen LogP contribution in [-0.2, 0) is 22.6 Å². The molecule has 6 heteroatoms. The molecule has 0 spiro atoms. The lowest BCUT2D eigenvalue weighted by Gasteiger charge is -2.31. The molecule has 1 N–H and O–H groups in total. The highest BCUT2D eigenvalue weighted by molar-refractivity contribution is 5.88. The Morgan fingerprint density at radius 2 is 1.62 bits per heavy atom. The van der Waals surface area contributed by atoms with Gasteiger partial charge < -0.3 is 15.0 Å². The molecule has 5 nitrogen and oxygen atoms in total. The Bertz CT molecular complexity index is 1060. The molecule has 3 rings (SSSR count). The van der Waals surface area contributed by atoms with Crippen LogP contribution in [0.15, 0.2) is 78.9 Å². The Hall–Kier alpha value is -3.67. The standard InChI is InChI=1S/C26H27FN2O3/c1-19-10-6-9-15-24(19)32-18-25(30)29(17-21-13-7-8-14-22(21)27)23(26(31)28-2)16-20-11-4-3-5-12-20/h3-15,23H,16-18H2,1-2H3,(H,28,31)/t23-/m1/s1. The van der Waals surface area contributed by atoms with Crippen LogP contribution in [0.2, 0.25) is 0 Å². The molecule has 0 saturated carbocycles. The maximum atomic E-state index is 14.4. The van der Waals surface area contributed by atoms with Crippen LogP contribution < -0.4 is 10.1 Å². The molecule has 0 aliphatic rings. The van der Waals surface area contributed by atoms with Gasteiger partial charge in [0, 0.05) is 25.6 Å². The van der Waals surface area contributed by atoms with E-state index in [0.717, 1.165) is 11.1 Å². The summed E-state index contributed by atoms with van der Waals surface area (Å²) in [6.07, 6.45) is 0.297. The number of hydrogen-bond donors (Lipinski definition) is 1. The number of benzene rings is 3. The van der Waals surface area contributed by atoms with Crippen LogP contribution in [-0.4, -0.2) is 36.4 Å². The lowest BCUT2D eigenvalue weighted by Crippen LogP contribution is -2.51. The van der Waals surface area contributed by atoms with Gasteiger partial charge in [0.1, 0.15) is 17.6 Å². The number of aryl methyl sites for hydroxylation is 1. The molecule has 0 heterocycles. The van der Waals surface area contributed by atoms with Gasteiger partial charge in [-0.15, -0.1) is 0 Å². The number of nitrogens with one attached hydrogen (secondary N) is 1. The van der Waals surface area contributed by atoms with Gasteiger partial charge in [-0.2, -0.15) is 0 Å². The van der Waals surface area contributed by atoms with E-state index in [2.05, 4.69) is 5.32 Å². The maximum absolute atomic E-state index is 14.4. The van der Waals surface area contributed by atoms with Crippen molar-refractivity contribution in [2.24, 2.45) is 0 Å². The molecule has 2 amide bonds. The predicted octanol–water partition coefficient (Wildman–Crippen LogP) is 3.90. The van der Waals surface area contributed by atoms with Crippen molar-refractivity contribution in [1.82, 2.24) is 10.2 Å². The molecular weight excluding hydrogens is 407 g/mol. The van der Waals surface area contributed by atoms with Crippen LogP contribution in [0.4, 0.5) is 4.39 Å². The smallest absolute Gasteiger partial charge is 0.261 e. The van der Waals surface area contributed by atoms with Crippen LogP contribution in [0.5, 0.6) is 5.75 Å². The summed E-state index contributed by atoms with van der Waals surface area (Å²) in [5, 5.41) is 2.64. The topological polar surface area (TPSA) is 58.6 Å². The summed E-state index contributed by atoms with van der Waals surface area (Å²) in [6.45, 7) is 1.58. The van der Waals surface area contributed by atoms with Crippen LogP contribution in [0, 0.1) is 12.7 Å². The van der Waals surface area contributed by atoms with Crippen molar-refractivity contribution in [3.8, 4) is 5.75 Å². The van der Waals surface area contributed by atoms with Crippen LogP contribution in [0.25, 0.3) is 0 Å². The summed E-state index contributed by atoms with van der Waals surface area (Å²) in [5.74, 6) is -0.567. The van der Waals surface area contributed by atoms with Gasteiger partial charge >= 0.3 is 0 Å². The highest BCUT2D eigenvalue weighted by Crippen LogP contribution is 2.19. The first-order valence-corrected chi connectivity index (χ1v) is 10.5. The predicted molar refractivity (Wildman–Crippen MR) is 122 cm³/mol. The molecule has 3 aromatic carbocycles. The van der Waals surface area contributed by atoms with Gasteiger partial charge in [-0.1, -0.05) is 66.7 Å². The summed E-state index contributed by atoms with van der Waals surface area (Å²) >= 11 is 0. The van der Waals surface area contributed by atoms with E-state index in [1.165, 1.54) is 18.0 Å². The molecule has 0 aromatic heterocycles. The summed E-state index contributed by atoms with van der Waals surface area (Å²) in [7, 11) is 1.52. The van der Waals surface area contributed by atoms with Crippen LogP contribution >= 0.6 is 0 Å². The van der Waals surface area contributed by atoms with E-state index >= 15 is 0 Å². The molecule has 0 bridgehead atoms. The van der Waals surface area contributed by atoms with Crippen molar-refractivity contribution in [2.45, 2.75) is 25.9 Å². The number of hydrogen-bond acceptors (Lipinski definition) is 3. The monoisotopic (exact) mass is 434 g/mol. The van der Waals surface area contributed by atoms with Crippen molar-refractivity contribution in [1.29, 1.82) is 0 Å². The zero-order valence-electron chi connectivity index (χ0n) is 18.3. The molecule has 0 saturated heterocycles. The van der Waals surface area contributed by atoms with Gasteiger partial charge in [-0.05, 0) is 30.2 Å². The van der Waals surface area contributed by atoms with Gasteiger partial charge in [0.2, 0.25) is 5.91 Å². The van der Waals surface area contributed by atoms with Gasteiger partial charge in [-0.3, -0.25) is 9.59 Å². The Labute approximate surface area is 187 Å². The number of nitrogens with zero attached hydrogens (tertiary/aromatic N) is 1. The van der Waals surface area contributed by atoms with Crippen LogP contribution in [0.3, 0.4) is 0 Å². The number of amides is 2. The first kappa shape index (κ1) is 23.0. The maximum Gasteiger partial charge on any atom is 0.261 e. The van der Waals surface area contributed by atoms with Gasteiger partial charge in [0.05, 0.1) is 0 Å². The molecule has 0 radical (unpaired) electrons. The minimum absolute atomic E-state index is 0.0481. The fourth-order valence-corrected chi connectivity index (χ4v) is 3.47. The summed E-state index contributed by atoms with van der Waals surface area (Å²) in [5.41, 5.74) is 2.12. The zero-order valence-corrected chi connectivity index (χ0v) is 18.3. The third-order valence-corrected chi connectivity index (χ3v) is 5.26. The number of carbonyl (C=O) groups is 2. The number of para-hydroxylation sites is 1. The Morgan fingerprint density at radius 1 is 0.969 bits per heavy atom. The molecule has 3 aromatic rings. The van der Waals surface area contributed by atoms with Gasteiger partial charge in [0.25, 0.3) is 5.91 Å². The normalized spacial score (nSPS) is 11.5. The fraction of sp³-hybridized carbons (Fsp3) is 0.231. The first-order chi connectivity index (χ1) is 15.5. The van der Waals surface area contributed by atoms with E-state index in [0.29, 0.717) is 17.7 Å². The zero-order chi connectivity index (χ0) is 22.9. The number of ether oxygens (including phenoxy) is 1. The highest BCUT2D eigenvalue weighted by Gasteiger charge is 2.30. The summed E-state index contributed by atoms with van der Waals surface area (Å²) in [4.78, 5) is 27.5. The minimum Gasteiger partial charge on any atom is -0.484 e. The van der Waals surface area contributed by atoms with Crippen molar-refractivity contribution < 1.29 is 18.7 Å². The molecule has 0 fully saturated rings. The number of rotatable bonds is 9. The van der Waals surface area contributed by atoms with E-state index in [4.69, 9.17) is 4.74 Å². The van der Waals surface area contributed by atoms with E-state index in [1.807, 2.05) is 55.5 Å². The SMILES string of the molecule is CNC(=O)[C@@H](Cc1ccccc1)N(Cc1ccccc1F)C(=O)COc1ccccc1C. The average Bonchev–Trinajstić information content (AvgIpc) is 2.82. The lowest BCUT2D eigenvalue weighted by molar-refractivity contribution is -0.142. The molecule has 32 heavy (non-hydrogen) atoms. The quantitative estimate of drug-likeness (QED) is 0.556. The van der Waals surface area contributed by atoms with Crippen molar-refractivity contribution in [3.63, 3.8) is 0 Å². The molecule has 166 valence electrons. The second-order valence-electron chi connectivity index (χ2n) is 7.49. The molecule has 0 aliphatic heterocycles. The summed E-state index contributed by atoms with van der Waals surface area (Å²) < 4.78 is 20.2. The third-order valence-electron chi connectivity index (χ3n) is 5.26. The van der Waals surface area contributed by atoms with Crippen molar-refractivity contribution in [3.05, 3.63) is 101 Å². The van der Waals surface area contributed by atoms with E-state index in [9.17, 15) is 14.0 Å². The Kier molecular flexibility index (Phi) is 7.97. The fourth-order valence-electron chi connectivity index (χ4n) is 3.47. The highest BCUT2D eigenvalue weighted by atomic mass is 19.1. The van der Waals surface area contributed by atoms with Gasteiger partial charge in [0.15, 0.2) is 6.61 Å². The lowest BCUT2D eigenvalue weighted by atomic mass is 10.0. The van der Waals surface area contributed by atoms with Crippen molar-refractivity contribution in [2.75, 3.05) is 13.7 Å². The second kappa shape index (κ2) is 11.1. The van der Waals surface area contributed by atoms with Gasteiger partial charge in [-0.25, -0.2) is 4.39 Å². The molecule has 0 aliphatic carbocycles. The minimum atomic E-state index is -0.824. The number of halogens is 1. The Balaban J connectivity index is 1.89. The Morgan fingerprint density at radius 3 is 2.31 bits per heavy atom. The summed E-state index contributed by atoms with van der Waals surface area (Å²) in [6, 6.07) is 22.2. The second-order valence-corrected chi connectivity index (χ2v) is 7.49. The van der Waals surface area contributed by atoms with E-state index < -0.39 is 17.8 Å². The van der Waals surface area contributed by atoms with Crippen molar-refractivity contribution >= 4 is 11.8 Å². The number of carbonyl (C=O) groups excluding carboxylic acids is 2. The van der Waals surface area contributed by atoms with E-state index in [1.54, 1.807) is 24.3 Å². The van der Waals surface area contributed by atoms with E-state index in [-0.39, 0.29) is 19.1 Å². The van der Waals surface area contributed by atoms with Crippen LogP contribution in [0.1, 0.15) is 16.7 Å². The number of likely N-dealkylation sites (N-methyl/N-ethyl adjacent to an activating group) is 1. The molecule has 0 unspecified atom stereocenters. The largest absolute Gasteiger partial charge is 0.484 e. The molecular formula is C26H27FN2O3. The first-order valence-electron chi connectivity index (χ1n) is 10.5. The molecule has 1 atom stereocenters. The third kappa shape index (κ3) is 5.94. The average molecular weight is 435 g/mol.